The average molecular weight is 407 g/mol. The van der Waals surface area contributed by atoms with E-state index >= 15 is 0 Å². The molecule has 0 aliphatic heterocycles. The van der Waals surface area contributed by atoms with Crippen LogP contribution in [0.5, 0.6) is 11.5 Å². The molecule has 0 spiro atoms. The number of ether oxygens (including phenoxy) is 1. The van der Waals surface area contributed by atoms with Crippen LogP contribution in [0.1, 0.15) is 0 Å². The van der Waals surface area contributed by atoms with Crippen molar-refractivity contribution < 1.29 is 9.84 Å². The molecule has 0 aromatic heterocycles. The Bertz CT molecular complexity index is 502. The van der Waals surface area contributed by atoms with Crippen molar-refractivity contribution >= 4 is 30.3 Å². The van der Waals surface area contributed by atoms with E-state index in [1.165, 1.54) is 3.57 Å². The predicted octanol–water partition coefficient (Wildman–Crippen LogP) is 4.26. The summed E-state index contributed by atoms with van der Waals surface area (Å²) in [5.74, 6) is 0.978. The summed E-state index contributed by atoms with van der Waals surface area (Å²) in [6, 6.07) is 15.6. The van der Waals surface area contributed by atoms with E-state index in [1.54, 1.807) is 19.2 Å². The van der Waals surface area contributed by atoms with Crippen molar-refractivity contribution in [2.45, 2.75) is 0 Å². The number of phenols is 1. The summed E-state index contributed by atoms with van der Waals surface area (Å²) in [7, 11) is 1.63. The van der Waals surface area contributed by atoms with E-state index < -0.39 is 17.6 Å². The van der Waals surface area contributed by atoms with Crippen molar-refractivity contribution in [2.75, 3.05) is 7.11 Å². The van der Waals surface area contributed by atoms with E-state index in [9.17, 15) is 5.11 Å². The van der Waals surface area contributed by atoms with Gasteiger partial charge in [0, 0.05) is 0 Å². The van der Waals surface area contributed by atoms with Gasteiger partial charge in [0.25, 0.3) is 0 Å². The van der Waals surface area contributed by atoms with Crippen LogP contribution in [0.25, 0.3) is 0 Å². The molecule has 0 amide bonds. The van der Waals surface area contributed by atoms with Gasteiger partial charge in [-0.3, -0.25) is 0 Å². The summed E-state index contributed by atoms with van der Waals surface area (Å²) < 4.78 is 7.78. The van der Waals surface area contributed by atoms with Gasteiger partial charge in [0.1, 0.15) is 0 Å². The van der Waals surface area contributed by atoms with Crippen LogP contribution in [0.3, 0.4) is 0 Å². The van der Waals surface area contributed by atoms with Gasteiger partial charge in [-0.05, 0) is 0 Å². The van der Waals surface area contributed by atoms with Crippen LogP contribution < -0.4 is 4.74 Å². The number of benzene rings is 2. The first kappa shape index (κ1) is 12.7. The Morgan fingerprint density at radius 1 is 1.12 bits per heavy atom. The van der Waals surface area contributed by atoms with E-state index in [0.717, 1.165) is 9.32 Å². The Balaban J connectivity index is 2.40. The van der Waals surface area contributed by atoms with Crippen LogP contribution in [0.15, 0.2) is 48.5 Å². The fourth-order valence-corrected chi connectivity index (χ4v) is 7.49. The minimum atomic E-state index is -1.61. The third-order valence-corrected chi connectivity index (χ3v) is 10.5. The molecule has 4 heteroatoms. The molecule has 2 rings (SSSR count). The second-order valence-electron chi connectivity index (χ2n) is 3.35. The van der Waals surface area contributed by atoms with E-state index in [1.807, 2.05) is 24.3 Å². The molecule has 0 radical (unpaired) electrons. The third kappa shape index (κ3) is 2.93. The number of halogens is 2. The summed E-state index contributed by atoms with van der Waals surface area (Å²) in [6.45, 7) is 0. The van der Waals surface area contributed by atoms with Gasteiger partial charge in [0.2, 0.25) is 0 Å². The third-order valence-electron chi connectivity index (χ3n) is 2.24. The number of hydrogen-bond acceptors (Lipinski definition) is 2. The molecule has 0 aliphatic carbocycles. The second kappa shape index (κ2) is 5.73. The van der Waals surface area contributed by atoms with E-state index in [0.29, 0.717) is 0 Å². The molecule has 17 heavy (non-hydrogen) atoms. The number of rotatable bonds is 3. The molecule has 90 valence electrons. The summed E-state index contributed by atoms with van der Waals surface area (Å²) in [5.41, 5.74) is 0. The molecule has 0 atom stereocenters. The minimum absolute atomic E-state index is 0.232. The molecule has 0 fully saturated rings. The van der Waals surface area contributed by atoms with E-state index in [-0.39, 0.29) is 5.75 Å². The van der Waals surface area contributed by atoms with Crippen LogP contribution in [-0.4, -0.2) is 12.2 Å². The number of phenolic OH excluding ortho intramolecular Hbond substituents is 1. The first-order chi connectivity index (χ1) is 8.22. The van der Waals surface area contributed by atoms with Crippen molar-refractivity contribution in [3.63, 3.8) is 0 Å². The fourth-order valence-electron chi connectivity index (χ4n) is 1.43. The molecule has 0 saturated heterocycles. The van der Waals surface area contributed by atoms with Crippen molar-refractivity contribution in [2.24, 2.45) is 0 Å². The standard InChI is InChI=1S/C13H12BrIO2/c1-17-13-9-11(16)7-8-12(13)15(14)10-5-3-2-4-6-10/h2-9,16H,1H3. The Labute approximate surface area is 114 Å². The second-order valence-corrected chi connectivity index (χ2v) is 11.1. The van der Waals surface area contributed by atoms with E-state index in [2.05, 4.69) is 24.8 Å². The molecule has 1 N–H and O–H groups in total. The van der Waals surface area contributed by atoms with Crippen LogP contribution in [-0.2, 0) is 0 Å². The average Bonchev–Trinajstić information content (AvgIpc) is 2.39. The monoisotopic (exact) mass is 406 g/mol. The van der Waals surface area contributed by atoms with Crippen LogP contribution in [0, 0.1) is 7.14 Å². The number of methoxy groups -OCH3 is 1. The zero-order valence-corrected chi connectivity index (χ0v) is 13.0. The molecule has 2 aromatic rings. The summed E-state index contributed by atoms with van der Waals surface area (Å²) in [6.07, 6.45) is 0. The van der Waals surface area contributed by atoms with Crippen molar-refractivity contribution in [3.8, 4) is 11.5 Å². The van der Waals surface area contributed by atoms with Gasteiger partial charge in [-0.2, -0.15) is 0 Å². The Morgan fingerprint density at radius 2 is 1.82 bits per heavy atom. The molecule has 0 bridgehead atoms. The number of aromatic hydroxyl groups is 1. The Kier molecular flexibility index (Phi) is 4.28. The quantitative estimate of drug-likeness (QED) is 0.772. The number of hydrogen-bond donors (Lipinski definition) is 1. The van der Waals surface area contributed by atoms with Crippen LogP contribution in [0.2, 0.25) is 0 Å². The predicted molar refractivity (Wildman–Crippen MR) is 81.4 cm³/mol. The van der Waals surface area contributed by atoms with Crippen molar-refractivity contribution in [3.05, 3.63) is 55.7 Å². The fraction of sp³-hybridized carbons (Fsp3) is 0.0769. The first-order valence-electron chi connectivity index (χ1n) is 5.01. The SMILES string of the molecule is COc1cc(O)ccc1I(Br)c1ccccc1. The molecular weight excluding hydrogens is 395 g/mol. The first-order valence-corrected chi connectivity index (χ1v) is 12.0. The molecule has 2 aromatic carbocycles. The van der Waals surface area contributed by atoms with Crippen LogP contribution in [0.4, 0.5) is 0 Å². The zero-order valence-electron chi connectivity index (χ0n) is 9.23. The molecule has 0 unspecified atom stereocenters. The molecule has 2 nitrogen and oxygen atoms in total. The van der Waals surface area contributed by atoms with Gasteiger partial charge in [-0.1, -0.05) is 0 Å². The van der Waals surface area contributed by atoms with Gasteiger partial charge >= 0.3 is 114 Å². The molecule has 0 aliphatic rings. The summed E-state index contributed by atoms with van der Waals surface area (Å²) in [5, 5.41) is 9.44. The Hall–Kier alpha value is -0.750. The molecule has 0 heterocycles. The summed E-state index contributed by atoms with van der Waals surface area (Å²) >= 11 is 2.20. The topological polar surface area (TPSA) is 29.5 Å². The Morgan fingerprint density at radius 3 is 2.47 bits per heavy atom. The van der Waals surface area contributed by atoms with Gasteiger partial charge in [-0.25, -0.2) is 0 Å². The van der Waals surface area contributed by atoms with Gasteiger partial charge in [-0.15, -0.1) is 0 Å². The summed E-state index contributed by atoms with van der Waals surface area (Å²) in [4.78, 5) is 0. The van der Waals surface area contributed by atoms with Gasteiger partial charge in [0.05, 0.1) is 0 Å². The van der Waals surface area contributed by atoms with Crippen LogP contribution >= 0.6 is 30.3 Å². The molecule has 0 saturated carbocycles. The van der Waals surface area contributed by atoms with E-state index in [4.69, 9.17) is 4.74 Å². The maximum absolute atomic E-state index is 9.44. The maximum atomic E-state index is 9.44. The van der Waals surface area contributed by atoms with Gasteiger partial charge < -0.3 is 0 Å². The van der Waals surface area contributed by atoms with Crippen molar-refractivity contribution in [1.82, 2.24) is 0 Å². The molecular formula is C13H12BrIO2. The zero-order chi connectivity index (χ0) is 12.3. The van der Waals surface area contributed by atoms with Gasteiger partial charge in [0.15, 0.2) is 0 Å². The van der Waals surface area contributed by atoms with Crippen molar-refractivity contribution in [1.29, 1.82) is 0 Å². The normalized spacial score (nSPS) is 11.1.